The molecule has 1 fully saturated rings. The quantitative estimate of drug-likeness (QED) is 0.801. The summed E-state index contributed by atoms with van der Waals surface area (Å²) in [5, 5.41) is 0. The molecule has 0 aliphatic carbocycles. The minimum atomic E-state index is 0.0170. The van der Waals surface area contributed by atoms with Crippen molar-refractivity contribution in [3.8, 4) is 0 Å². The molecule has 1 saturated heterocycles. The van der Waals surface area contributed by atoms with Crippen molar-refractivity contribution in [2.45, 2.75) is 39.7 Å². The van der Waals surface area contributed by atoms with Crippen LogP contribution in [0.25, 0.3) is 0 Å². The van der Waals surface area contributed by atoms with Crippen LogP contribution in [0.4, 0.5) is 0 Å². The maximum absolute atomic E-state index is 6.08. The third-order valence-corrected chi connectivity index (χ3v) is 4.79. The summed E-state index contributed by atoms with van der Waals surface area (Å²) in [6, 6.07) is 0. The molecule has 0 amide bonds. The minimum absolute atomic E-state index is 0.0170. The maximum atomic E-state index is 6.08. The van der Waals surface area contributed by atoms with Crippen molar-refractivity contribution in [3.05, 3.63) is 0 Å². The summed E-state index contributed by atoms with van der Waals surface area (Å²) >= 11 is 0. The lowest BCUT2D eigenvalue weighted by atomic mass is 9.80. The molecule has 0 bridgehead atoms. The lowest BCUT2D eigenvalue weighted by Gasteiger charge is -2.50. The predicted molar refractivity (Wildman–Crippen MR) is 73.0 cm³/mol. The first-order valence-corrected chi connectivity index (χ1v) is 6.92. The molecule has 0 aromatic heterocycles. The van der Waals surface area contributed by atoms with Gasteiger partial charge in [-0.05, 0) is 30.7 Å². The van der Waals surface area contributed by atoms with E-state index < -0.39 is 0 Å². The molecule has 3 unspecified atom stereocenters. The molecule has 3 atom stereocenters. The van der Waals surface area contributed by atoms with Crippen molar-refractivity contribution in [1.82, 2.24) is 4.90 Å². The van der Waals surface area contributed by atoms with E-state index in [0.29, 0.717) is 12.5 Å². The number of piperidine rings is 1. The summed E-state index contributed by atoms with van der Waals surface area (Å²) < 4.78 is 5.45. The molecule has 0 aromatic carbocycles. The Labute approximate surface area is 107 Å². The van der Waals surface area contributed by atoms with Gasteiger partial charge in [0.15, 0.2) is 0 Å². The van der Waals surface area contributed by atoms with Gasteiger partial charge in [-0.15, -0.1) is 0 Å². The Morgan fingerprint density at radius 2 is 2.00 bits per heavy atom. The number of rotatable bonds is 5. The van der Waals surface area contributed by atoms with Gasteiger partial charge < -0.3 is 10.5 Å². The van der Waals surface area contributed by atoms with Gasteiger partial charge in [-0.25, -0.2) is 0 Å². The number of methoxy groups -OCH3 is 1. The number of nitrogens with zero attached hydrogens (tertiary/aromatic N) is 1. The molecule has 1 heterocycles. The van der Waals surface area contributed by atoms with Crippen LogP contribution in [-0.2, 0) is 4.74 Å². The van der Waals surface area contributed by atoms with Gasteiger partial charge in [0.2, 0.25) is 0 Å². The molecule has 1 aliphatic rings. The molecule has 0 aromatic rings. The lowest BCUT2D eigenvalue weighted by Crippen LogP contribution is -2.63. The van der Waals surface area contributed by atoms with E-state index in [4.69, 9.17) is 10.5 Å². The number of likely N-dealkylation sites (tertiary alicyclic amines) is 1. The summed E-state index contributed by atoms with van der Waals surface area (Å²) in [6.07, 6.45) is 1.28. The van der Waals surface area contributed by atoms with Gasteiger partial charge in [-0.1, -0.05) is 27.7 Å². The molecule has 102 valence electrons. The average molecular weight is 242 g/mol. The first kappa shape index (κ1) is 14.9. The monoisotopic (exact) mass is 242 g/mol. The Balaban J connectivity index is 2.83. The van der Waals surface area contributed by atoms with Gasteiger partial charge in [0, 0.05) is 20.2 Å². The van der Waals surface area contributed by atoms with Gasteiger partial charge in [0.1, 0.15) is 0 Å². The number of nitrogens with two attached hydrogens (primary N) is 1. The van der Waals surface area contributed by atoms with Gasteiger partial charge >= 0.3 is 0 Å². The number of ether oxygens (including phenoxy) is 1. The molecule has 1 aliphatic heterocycles. The number of hydrogen-bond donors (Lipinski definition) is 1. The highest BCUT2D eigenvalue weighted by Gasteiger charge is 2.41. The van der Waals surface area contributed by atoms with Crippen molar-refractivity contribution >= 4 is 0 Å². The van der Waals surface area contributed by atoms with E-state index in [1.165, 1.54) is 6.42 Å². The Hall–Kier alpha value is -0.120. The van der Waals surface area contributed by atoms with E-state index in [-0.39, 0.29) is 5.54 Å². The molecular formula is C14H30N2O. The summed E-state index contributed by atoms with van der Waals surface area (Å²) in [5.74, 6) is 2.11. The second-order valence-electron chi connectivity index (χ2n) is 6.08. The van der Waals surface area contributed by atoms with Gasteiger partial charge in [-0.3, -0.25) is 4.90 Å². The zero-order valence-electron chi connectivity index (χ0n) is 12.2. The standard InChI is InChI=1S/C14H30N2O/c1-11(2)14(9-15,10-17-5)16-7-6-12(3)13(4)8-16/h11-13H,6-10,15H2,1-5H3. The van der Waals surface area contributed by atoms with E-state index in [1.807, 2.05) is 0 Å². The fourth-order valence-electron chi connectivity index (χ4n) is 2.96. The van der Waals surface area contributed by atoms with Crippen LogP contribution in [0.3, 0.4) is 0 Å². The van der Waals surface area contributed by atoms with Crippen molar-refractivity contribution in [2.24, 2.45) is 23.5 Å². The van der Waals surface area contributed by atoms with E-state index >= 15 is 0 Å². The Kier molecular flexibility index (Phi) is 5.42. The van der Waals surface area contributed by atoms with Crippen LogP contribution in [0.1, 0.15) is 34.1 Å². The largest absolute Gasteiger partial charge is 0.383 e. The molecule has 1 rings (SSSR count). The Morgan fingerprint density at radius 3 is 2.41 bits per heavy atom. The maximum Gasteiger partial charge on any atom is 0.0661 e. The highest BCUT2D eigenvalue weighted by atomic mass is 16.5. The summed E-state index contributed by atoms with van der Waals surface area (Å²) in [4.78, 5) is 2.58. The van der Waals surface area contributed by atoms with E-state index in [1.54, 1.807) is 7.11 Å². The van der Waals surface area contributed by atoms with Crippen molar-refractivity contribution < 1.29 is 4.74 Å². The fourth-order valence-corrected chi connectivity index (χ4v) is 2.96. The molecule has 2 N–H and O–H groups in total. The summed E-state index contributed by atoms with van der Waals surface area (Å²) in [7, 11) is 1.78. The van der Waals surface area contributed by atoms with Crippen molar-refractivity contribution in [1.29, 1.82) is 0 Å². The van der Waals surface area contributed by atoms with Crippen LogP contribution in [0, 0.1) is 17.8 Å². The number of hydrogen-bond acceptors (Lipinski definition) is 3. The Bertz CT molecular complexity index is 232. The molecule has 17 heavy (non-hydrogen) atoms. The average Bonchev–Trinajstić information content (AvgIpc) is 2.29. The van der Waals surface area contributed by atoms with Crippen molar-refractivity contribution in [2.75, 3.05) is 33.4 Å². The molecule has 0 saturated carbocycles. The topological polar surface area (TPSA) is 38.5 Å². The van der Waals surface area contributed by atoms with Crippen LogP contribution < -0.4 is 5.73 Å². The molecule has 0 spiro atoms. The SMILES string of the molecule is COCC(CN)(C(C)C)N1CCC(C)C(C)C1. The lowest BCUT2D eigenvalue weighted by molar-refractivity contribution is -0.0448. The van der Waals surface area contributed by atoms with Gasteiger partial charge in [-0.2, -0.15) is 0 Å². The first-order chi connectivity index (χ1) is 7.97. The van der Waals surface area contributed by atoms with Crippen LogP contribution in [0.5, 0.6) is 0 Å². The highest BCUT2D eigenvalue weighted by Crippen LogP contribution is 2.32. The zero-order chi connectivity index (χ0) is 13.1. The molecular weight excluding hydrogens is 212 g/mol. The fraction of sp³-hybridized carbons (Fsp3) is 1.00. The third-order valence-electron chi connectivity index (χ3n) is 4.79. The van der Waals surface area contributed by atoms with Crippen LogP contribution >= 0.6 is 0 Å². The minimum Gasteiger partial charge on any atom is -0.383 e. The summed E-state index contributed by atoms with van der Waals surface area (Å²) in [5.41, 5.74) is 6.10. The van der Waals surface area contributed by atoms with Gasteiger partial charge in [0.25, 0.3) is 0 Å². The second kappa shape index (κ2) is 6.17. The highest BCUT2D eigenvalue weighted by molar-refractivity contribution is 4.97. The zero-order valence-corrected chi connectivity index (χ0v) is 12.2. The Morgan fingerprint density at radius 1 is 1.35 bits per heavy atom. The third kappa shape index (κ3) is 3.01. The van der Waals surface area contributed by atoms with Crippen molar-refractivity contribution in [3.63, 3.8) is 0 Å². The van der Waals surface area contributed by atoms with E-state index in [9.17, 15) is 0 Å². The van der Waals surface area contributed by atoms with Crippen LogP contribution in [-0.4, -0.2) is 43.8 Å². The molecule has 0 radical (unpaired) electrons. The van der Waals surface area contributed by atoms with Crippen LogP contribution in [0.15, 0.2) is 0 Å². The summed E-state index contributed by atoms with van der Waals surface area (Å²) in [6.45, 7) is 13.0. The normalized spacial score (nSPS) is 30.5. The first-order valence-electron chi connectivity index (χ1n) is 6.92. The van der Waals surface area contributed by atoms with Gasteiger partial charge in [0.05, 0.1) is 12.1 Å². The van der Waals surface area contributed by atoms with E-state index in [2.05, 4.69) is 32.6 Å². The molecule has 3 nitrogen and oxygen atoms in total. The van der Waals surface area contributed by atoms with E-state index in [0.717, 1.165) is 31.5 Å². The van der Waals surface area contributed by atoms with Crippen LogP contribution in [0.2, 0.25) is 0 Å². The smallest absolute Gasteiger partial charge is 0.0661 e. The second-order valence-corrected chi connectivity index (χ2v) is 6.08. The molecule has 3 heteroatoms. The predicted octanol–water partition coefficient (Wildman–Crippen LogP) is 1.96.